The maximum Gasteiger partial charge on any atom is 0.189 e. The molecule has 26 heavy (non-hydrogen) atoms. The minimum absolute atomic E-state index is 0.0423. The Morgan fingerprint density at radius 3 is 2.15 bits per heavy atom. The molecule has 0 aliphatic heterocycles. The number of carbonyl (C=O) groups is 1. The van der Waals surface area contributed by atoms with Gasteiger partial charge in [-0.25, -0.2) is 0 Å². The van der Waals surface area contributed by atoms with Gasteiger partial charge in [0.1, 0.15) is 5.54 Å². The van der Waals surface area contributed by atoms with Crippen LogP contribution < -0.4 is 5.32 Å². The maximum atomic E-state index is 13.6. The largest absolute Gasteiger partial charge is 0.296 e. The van der Waals surface area contributed by atoms with Crippen molar-refractivity contribution < 1.29 is 4.79 Å². The number of terminal acetylenes is 1. The smallest absolute Gasteiger partial charge is 0.189 e. The third-order valence-electron chi connectivity index (χ3n) is 5.04. The normalized spacial score (nSPS) is 17.9. The van der Waals surface area contributed by atoms with Crippen LogP contribution in [0.25, 0.3) is 11.1 Å². The highest BCUT2D eigenvalue weighted by Crippen LogP contribution is 2.43. The topological polar surface area (TPSA) is 29.1 Å². The molecule has 4 rings (SSSR count). The van der Waals surface area contributed by atoms with Gasteiger partial charge in [-0.05, 0) is 22.3 Å². The molecule has 1 atom stereocenters. The summed E-state index contributed by atoms with van der Waals surface area (Å²) in [6.45, 7) is 0.574. The molecule has 3 aromatic rings. The summed E-state index contributed by atoms with van der Waals surface area (Å²) in [5.74, 6) is 2.78. The van der Waals surface area contributed by atoms with Gasteiger partial charge >= 0.3 is 0 Å². The number of hydrogen-bond donors (Lipinski definition) is 1. The summed E-state index contributed by atoms with van der Waals surface area (Å²) in [5, 5.41) is 3.51. The second-order valence-corrected chi connectivity index (χ2v) is 6.55. The molecule has 0 fully saturated rings. The number of nitrogens with one attached hydrogen (secondary N) is 1. The van der Waals surface area contributed by atoms with Crippen LogP contribution in [-0.2, 0) is 12.1 Å². The van der Waals surface area contributed by atoms with Crippen LogP contribution in [-0.4, -0.2) is 5.78 Å². The average Bonchev–Trinajstić information content (AvgIpc) is 2.71. The molecule has 0 saturated carbocycles. The number of fused-ring (bicyclic) bond motifs is 3. The number of ketones is 1. The Balaban J connectivity index is 1.86. The van der Waals surface area contributed by atoms with E-state index in [0.29, 0.717) is 13.0 Å². The minimum atomic E-state index is -0.907. The van der Waals surface area contributed by atoms with Crippen LogP contribution in [0.2, 0.25) is 0 Å². The fourth-order valence-corrected chi connectivity index (χ4v) is 3.77. The molecule has 2 nitrogen and oxygen atoms in total. The lowest BCUT2D eigenvalue weighted by atomic mass is 9.71. The van der Waals surface area contributed by atoms with Crippen molar-refractivity contribution in [2.45, 2.75) is 18.5 Å². The Labute approximate surface area is 153 Å². The number of hydrogen-bond acceptors (Lipinski definition) is 2. The molecule has 0 heterocycles. The fraction of sp³-hybridized carbons (Fsp3) is 0.125. The lowest BCUT2D eigenvalue weighted by Gasteiger charge is -2.38. The number of rotatable bonds is 4. The molecule has 0 spiro atoms. The number of Topliss-reactive ketones (excluding diaryl/α,β-unsaturated/α-hetero) is 1. The van der Waals surface area contributed by atoms with Crippen LogP contribution in [0.3, 0.4) is 0 Å². The van der Waals surface area contributed by atoms with Crippen molar-refractivity contribution in [3.63, 3.8) is 0 Å². The molecule has 0 radical (unpaired) electrons. The fourth-order valence-electron chi connectivity index (χ4n) is 3.77. The first-order valence-corrected chi connectivity index (χ1v) is 8.72. The van der Waals surface area contributed by atoms with Crippen LogP contribution in [0.4, 0.5) is 0 Å². The number of benzene rings is 3. The standard InChI is InChI=1S/C24H19NO/c1-2-16-24(25-17-18-10-4-3-5-11-18)22-15-9-8-13-20(22)19-12-6-7-14-21(19)23(24)26/h1,3-15,25H,16-17H2. The third kappa shape index (κ3) is 2.54. The van der Waals surface area contributed by atoms with Gasteiger partial charge in [-0.2, -0.15) is 0 Å². The van der Waals surface area contributed by atoms with E-state index in [1.165, 1.54) is 0 Å². The predicted molar refractivity (Wildman–Crippen MR) is 105 cm³/mol. The minimum Gasteiger partial charge on any atom is -0.296 e. The zero-order valence-corrected chi connectivity index (χ0v) is 14.4. The first-order chi connectivity index (χ1) is 12.8. The Kier molecular flexibility index (Phi) is 4.16. The summed E-state index contributed by atoms with van der Waals surface area (Å²) in [6.07, 6.45) is 6.02. The zero-order chi connectivity index (χ0) is 18.0. The molecular formula is C24H19NO. The monoisotopic (exact) mass is 337 g/mol. The Bertz CT molecular complexity index is 1000. The van der Waals surface area contributed by atoms with Crippen LogP contribution in [0.1, 0.15) is 27.9 Å². The molecule has 1 N–H and O–H groups in total. The summed E-state index contributed by atoms with van der Waals surface area (Å²) in [4.78, 5) is 13.6. The van der Waals surface area contributed by atoms with Gasteiger partial charge in [0.05, 0.1) is 0 Å². The van der Waals surface area contributed by atoms with Crippen molar-refractivity contribution in [3.8, 4) is 23.5 Å². The van der Waals surface area contributed by atoms with Crippen molar-refractivity contribution >= 4 is 5.78 Å². The van der Waals surface area contributed by atoms with E-state index in [9.17, 15) is 4.79 Å². The lowest BCUT2D eigenvalue weighted by molar-refractivity contribution is 0.0845. The van der Waals surface area contributed by atoms with E-state index in [0.717, 1.165) is 27.8 Å². The SMILES string of the molecule is C#CCC1(NCc2ccccc2)C(=O)c2ccccc2-c2ccccc21. The predicted octanol–water partition coefficient (Wildman–Crippen LogP) is 4.56. The van der Waals surface area contributed by atoms with Gasteiger partial charge in [-0.1, -0.05) is 78.9 Å². The van der Waals surface area contributed by atoms with Gasteiger partial charge < -0.3 is 0 Å². The summed E-state index contributed by atoms with van der Waals surface area (Å²) < 4.78 is 0. The van der Waals surface area contributed by atoms with Crippen molar-refractivity contribution in [1.82, 2.24) is 5.32 Å². The van der Waals surface area contributed by atoms with E-state index < -0.39 is 5.54 Å². The van der Waals surface area contributed by atoms with Crippen LogP contribution >= 0.6 is 0 Å². The van der Waals surface area contributed by atoms with Gasteiger partial charge in [-0.3, -0.25) is 10.1 Å². The van der Waals surface area contributed by atoms with E-state index in [1.807, 2.05) is 72.8 Å². The number of carbonyl (C=O) groups excluding carboxylic acids is 1. The van der Waals surface area contributed by atoms with Gasteiger partial charge in [0.15, 0.2) is 5.78 Å². The van der Waals surface area contributed by atoms with E-state index >= 15 is 0 Å². The van der Waals surface area contributed by atoms with Crippen molar-refractivity contribution in [2.24, 2.45) is 0 Å². The molecule has 2 heteroatoms. The molecule has 0 amide bonds. The zero-order valence-electron chi connectivity index (χ0n) is 14.4. The van der Waals surface area contributed by atoms with Gasteiger partial charge in [0, 0.05) is 18.5 Å². The lowest BCUT2D eigenvalue weighted by Crippen LogP contribution is -2.50. The Morgan fingerprint density at radius 1 is 0.808 bits per heavy atom. The molecule has 1 aliphatic rings. The Hall–Kier alpha value is -3.15. The van der Waals surface area contributed by atoms with Crippen molar-refractivity contribution in [2.75, 3.05) is 0 Å². The first kappa shape index (κ1) is 16.3. The summed E-state index contributed by atoms with van der Waals surface area (Å²) in [7, 11) is 0. The van der Waals surface area contributed by atoms with Crippen molar-refractivity contribution in [3.05, 3.63) is 95.6 Å². The molecular weight excluding hydrogens is 318 g/mol. The average molecular weight is 337 g/mol. The van der Waals surface area contributed by atoms with E-state index in [-0.39, 0.29) is 5.78 Å². The van der Waals surface area contributed by atoms with Crippen LogP contribution in [0.15, 0.2) is 78.9 Å². The van der Waals surface area contributed by atoms with Crippen LogP contribution in [0, 0.1) is 12.3 Å². The quantitative estimate of drug-likeness (QED) is 0.707. The van der Waals surface area contributed by atoms with Crippen LogP contribution in [0.5, 0.6) is 0 Å². The van der Waals surface area contributed by atoms with Gasteiger partial charge in [-0.15, -0.1) is 12.3 Å². The highest BCUT2D eigenvalue weighted by atomic mass is 16.1. The van der Waals surface area contributed by atoms with E-state index in [2.05, 4.69) is 17.3 Å². The maximum absolute atomic E-state index is 13.6. The highest BCUT2D eigenvalue weighted by molar-refractivity contribution is 6.12. The van der Waals surface area contributed by atoms with E-state index in [1.54, 1.807) is 0 Å². The molecule has 1 aliphatic carbocycles. The first-order valence-electron chi connectivity index (χ1n) is 8.72. The molecule has 0 saturated heterocycles. The molecule has 3 aromatic carbocycles. The summed E-state index contributed by atoms with van der Waals surface area (Å²) in [5.41, 5.74) is 3.93. The van der Waals surface area contributed by atoms with Gasteiger partial charge in [0.2, 0.25) is 0 Å². The molecule has 0 bridgehead atoms. The third-order valence-corrected chi connectivity index (χ3v) is 5.04. The second kappa shape index (κ2) is 6.63. The summed E-state index contributed by atoms with van der Waals surface area (Å²) in [6, 6.07) is 25.9. The molecule has 0 aromatic heterocycles. The van der Waals surface area contributed by atoms with Gasteiger partial charge in [0.25, 0.3) is 0 Å². The second-order valence-electron chi connectivity index (χ2n) is 6.55. The molecule has 1 unspecified atom stereocenters. The molecule has 126 valence electrons. The van der Waals surface area contributed by atoms with Crippen molar-refractivity contribution in [1.29, 1.82) is 0 Å². The highest BCUT2D eigenvalue weighted by Gasteiger charge is 2.45. The van der Waals surface area contributed by atoms with E-state index in [4.69, 9.17) is 6.42 Å². The summed E-state index contributed by atoms with van der Waals surface area (Å²) >= 11 is 0. The Morgan fingerprint density at radius 2 is 1.42 bits per heavy atom.